The normalized spacial score (nSPS) is 25.4. The van der Waals surface area contributed by atoms with Crippen LogP contribution in [0.15, 0.2) is 18.2 Å². The van der Waals surface area contributed by atoms with Crippen LogP contribution in [0.1, 0.15) is 90.4 Å². The summed E-state index contributed by atoms with van der Waals surface area (Å²) in [6.45, 7) is 2.68. The first kappa shape index (κ1) is 24.2. The second-order valence-electron chi connectivity index (χ2n) is 9.62. The maximum Gasteiger partial charge on any atom is 0.573 e. The molecule has 6 heteroatoms. The van der Waals surface area contributed by atoms with Crippen LogP contribution in [0, 0.1) is 23.1 Å². The van der Waals surface area contributed by atoms with Crippen molar-refractivity contribution < 1.29 is 27.0 Å². The van der Waals surface area contributed by atoms with E-state index in [1.54, 1.807) is 0 Å². The van der Waals surface area contributed by atoms with E-state index in [9.17, 15) is 17.6 Å². The third-order valence-electron chi connectivity index (χ3n) is 7.39. The number of rotatable bonds is 9. The van der Waals surface area contributed by atoms with E-state index >= 15 is 0 Å². The predicted molar refractivity (Wildman–Crippen MR) is 114 cm³/mol. The lowest BCUT2D eigenvalue weighted by molar-refractivity contribution is -0.275. The van der Waals surface area contributed by atoms with Crippen molar-refractivity contribution >= 4 is 0 Å². The maximum atomic E-state index is 14.0. The van der Waals surface area contributed by atoms with Crippen LogP contribution in [0.4, 0.5) is 17.6 Å². The fourth-order valence-corrected chi connectivity index (χ4v) is 5.56. The van der Waals surface area contributed by atoms with Gasteiger partial charge in [0, 0.05) is 11.5 Å². The molecule has 2 aliphatic carbocycles. The Morgan fingerprint density at radius 2 is 1.65 bits per heavy atom. The maximum absolute atomic E-state index is 14.0. The van der Waals surface area contributed by atoms with Gasteiger partial charge in [-0.1, -0.05) is 58.3 Å². The second-order valence-corrected chi connectivity index (χ2v) is 9.62. The monoisotopic (exact) mass is 444 g/mol. The van der Waals surface area contributed by atoms with E-state index in [-0.39, 0.29) is 11.2 Å². The van der Waals surface area contributed by atoms with Crippen molar-refractivity contribution in [3.63, 3.8) is 0 Å². The quantitative estimate of drug-likeness (QED) is 0.281. The molecule has 31 heavy (non-hydrogen) atoms. The SMILES string of the molecule is CCCCCC1(COc2ccc(OC(F)(F)F)c(F)c2)CCC(C2CCCCC2)CC1. The first-order chi connectivity index (χ1) is 14.8. The van der Waals surface area contributed by atoms with E-state index in [0.717, 1.165) is 56.1 Å². The average molecular weight is 445 g/mol. The van der Waals surface area contributed by atoms with Crippen molar-refractivity contribution in [1.29, 1.82) is 0 Å². The minimum absolute atomic E-state index is 0.0813. The van der Waals surface area contributed by atoms with Gasteiger partial charge in [-0.2, -0.15) is 0 Å². The summed E-state index contributed by atoms with van der Waals surface area (Å²) in [5.41, 5.74) is 0.0813. The van der Waals surface area contributed by atoms with E-state index in [4.69, 9.17) is 4.74 Å². The van der Waals surface area contributed by atoms with Gasteiger partial charge in [-0.05, 0) is 56.1 Å². The van der Waals surface area contributed by atoms with Crippen LogP contribution in [-0.4, -0.2) is 13.0 Å². The molecule has 0 spiro atoms. The molecule has 2 fully saturated rings. The first-order valence-corrected chi connectivity index (χ1v) is 12.0. The summed E-state index contributed by atoms with van der Waals surface area (Å²) < 4.78 is 60.8. The van der Waals surface area contributed by atoms with Crippen LogP contribution in [0.3, 0.4) is 0 Å². The molecule has 0 radical (unpaired) electrons. The number of hydrogen-bond acceptors (Lipinski definition) is 2. The number of alkyl halides is 3. The first-order valence-electron chi connectivity index (χ1n) is 12.0. The predicted octanol–water partition coefficient (Wildman–Crippen LogP) is 8.44. The van der Waals surface area contributed by atoms with E-state index in [1.807, 2.05) is 0 Å². The molecule has 0 aromatic heterocycles. The van der Waals surface area contributed by atoms with Crippen LogP contribution in [0.5, 0.6) is 11.5 Å². The molecule has 1 aromatic rings. The van der Waals surface area contributed by atoms with Gasteiger partial charge in [-0.15, -0.1) is 13.2 Å². The highest BCUT2D eigenvalue weighted by Gasteiger charge is 2.38. The number of hydrogen-bond donors (Lipinski definition) is 0. The van der Waals surface area contributed by atoms with Gasteiger partial charge in [-0.25, -0.2) is 4.39 Å². The lowest BCUT2D eigenvalue weighted by Gasteiger charge is -2.43. The number of unbranched alkanes of at least 4 members (excludes halogenated alkanes) is 2. The van der Waals surface area contributed by atoms with E-state index in [0.29, 0.717) is 6.61 Å². The summed E-state index contributed by atoms with van der Waals surface area (Å²) in [4.78, 5) is 0. The van der Waals surface area contributed by atoms with Crippen LogP contribution in [0.2, 0.25) is 0 Å². The number of halogens is 4. The zero-order valence-corrected chi connectivity index (χ0v) is 18.6. The molecule has 176 valence electrons. The molecule has 2 aliphatic rings. The highest BCUT2D eigenvalue weighted by molar-refractivity contribution is 5.33. The molecular formula is C25H36F4O2. The van der Waals surface area contributed by atoms with Crippen molar-refractivity contribution in [2.75, 3.05) is 6.61 Å². The van der Waals surface area contributed by atoms with Crippen molar-refractivity contribution in [2.24, 2.45) is 17.3 Å². The lowest BCUT2D eigenvalue weighted by Crippen LogP contribution is -2.35. The molecule has 0 unspecified atom stereocenters. The minimum Gasteiger partial charge on any atom is -0.493 e. The van der Waals surface area contributed by atoms with Gasteiger partial charge in [0.05, 0.1) is 6.61 Å². The third-order valence-corrected chi connectivity index (χ3v) is 7.39. The van der Waals surface area contributed by atoms with Crippen LogP contribution >= 0.6 is 0 Å². The Morgan fingerprint density at radius 1 is 0.968 bits per heavy atom. The standard InChI is InChI=1S/C25H36F4O2/c1-2-3-7-14-24(15-12-20(13-16-24)19-8-5-4-6-9-19)18-30-21-10-11-23(22(26)17-21)31-25(27,28)29/h10-11,17,19-20H,2-9,12-16,18H2,1H3. The van der Waals surface area contributed by atoms with E-state index in [1.165, 1.54) is 57.4 Å². The van der Waals surface area contributed by atoms with Gasteiger partial charge in [0.1, 0.15) is 5.75 Å². The Kier molecular flexibility index (Phi) is 8.51. The summed E-state index contributed by atoms with van der Waals surface area (Å²) in [7, 11) is 0. The molecule has 0 saturated heterocycles. The smallest absolute Gasteiger partial charge is 0.493 e. The Balaban J connectivity index is 1.60. The fourth-order valence-electron chi connectivity index (χ4n) is 5.56. The largest absolute Gasteiger partial charge is 0.573 e. The number of ether oxygens (including phenoxy) is 2. The zero-order chi connectivity index (χ0) is 22.3. The minimum atomic E-state index is -4.91. The van der Waals surface area contributed by atoms with Crippen LogP contribution < -0.4 is 9.47 Å². The average Bonchev–Trinajstić information content (AvgIpc) is 2.75. The summed E-state index contributed by atoms with van der Waals surface area (Å²) in [5.74, 6) is 0.0621. The Labute approximate surface area is 183 Å². The molecule has 0 amide bonds. The summed E-state index contributed by atoms with van der Waals surface area (Å²) in [6, 6.07) is 3.34. The molecule has 0 bridgehead atoms. The molecule has 0 N–H and O–H groups in total. The Bertz CT molecular complexity index is 675. The van der Waals surface area contributed by atoms with Crippen LogP contribution in [0.25, 0.3) is 0 Å². The van der Waals surface area contributed by atoms with Crippen molar-refractivity contribution in [2.45, 2.75) is 96.8 Å². The molecular weight excluding hydrogens is 408 g/mol. The Morgan fingerprint density at radius 3 is 2.26 bits per heavy atom. The molecule has 0 atom stereocenters. The van der Waals surface area contributed by atoms with Gasteiger partial charge >= 0.3 is 6.36 Å². The lowest BCUT2D eigenvalue weighted by atomic mass is 9.64. The van der Waals surface area contributed by atoms with Gasteiger partial charge in [-0.3, -0.25) is 0 Å². The van der Waals surface area contributed by atoms with Gasteiger partial charge in [0.2, 0.25) is 0 Å². The summed E-state index contributed by atoms with van der Waals surface area (Å²) >= 11 is 0. The Hall–Kier alpha value is -1.46. The highest BCUT2D eigenvalue weighted by Crippen LogP contribution is 2.47. The van der Waals surface area contributed by atoms with Gasteiger partial charge in [0.15, 0.2) is 11.6 Å². The highest BCUT2D eigenvalue weighted by atomic mass is 19.4. The molecule has 2 saturated carbocycles. The van der Waals surface area contributed by atoms with Gasteiger partial charge in [0.25, 0.3) is 0 Å². The van der Waals surface area contributed by atoms with Crippen LogP contribution in [-0.2, 0) is 0 Å². The van der Waals surface area contributed by atoms with Crippen molar-refractivity contribution in [1.82, 2.24) is 0 Å². The molecule has 3 rings (SSSR count). The second kappa shape index (κ2) is 10.9. The van der Waals surface area contributed by atoms with E-state index < -0.39 is 17.9 Å². The van der Waals surface area contributed by atoms with Crippen molar-refractivity contribution in [3.05, 3.63) is 24.0 Å². The summed E-state index contributed by atoms with van der Waals surface area (Å²) in [6.07, 6.45) is 11.2. The zero-order valence-electron chi connectivity index (χ0n) is 18.6. The topological polar surface area (TPSA) is 18.5 Å². The van der Waals surface area contributed by atoms with Gasteiger partial charge < -0.3 is 9.47 Å². The molecule has 0 aliphatic heterocycles. The molecule has 1 aromatic carbocycles. The summed E-state index contributed by atoms with van der Waals surface area (Å²) in [5, 5.41) is 0. The number of benzene rings is 1. The van der Waals surface area contributed by atoms with E-state index in [2.05, 4.69) is 11.7 Å². The van der Waals surface area contributed by atoms with Crippen molar-refractivity contribution in [3.8, 4) is 11.5 Å². The molecule has 0 heterocycles. The third kappa shape index (κ3) is 7.28. The molecule has 2 nitrogen and oxygen atoms in total. The fraction of sp³-hybridized carbons (Fsp3) is 0.760.